The lowest BCUT2D eigenvalue weighted by Gasteiger charge is -2.60. The van der Waals surface area contributed by atoms with Crippen molar-refractivity contribution in [2.75, 3.05) is 46.9 Å². The molecule has 2 spiro atoms. The van der Waals surface area contributed by atoms with Gasteiger partial charge in [0.05, 0.1) is 43.6 Å². The molecule has 2 aliphatic heterocycles. The first kappa shape index (κ1) is 33.7. The minimum atomic E-state index is -0.908. The van der Waals surface area contributed by atoms with Crippen LogP contribution in [0.2, 0.25) is 0 Å². The van der Waals surface area contributed by atoms with Gasteiger partial charge in [0.2, 0.25) is 5.91 Å². The molecule has 7 rings (SSSR count). The summed E-state index contributed by atoms with van der Waals surface area (Å²) in [4.78, 5) is 16.2. The van der Waals surface area contributed by atoms with Gasteiger partial charge in [0.1, 0.15) is 6.10 Å². The van der Waals surface area contributed by atoms with E-state index in [1.54, 1.807) is 4.90 Å². The molecule has 8 nitrogen and oxygen atoms in total. The van der Waals surface area contributed by atoms with Gasteiger partial charge in [-0.15, -0.1) is 0 Å². The van der Waals surface area contributed by atoms with E-state index in [0.717, 1.165) is 31.2 Å². The second-order valence-electron chi connectivity index (χ2n) is 18.3. The zero-order valence-electron chi connectivity index (χ0n) is 30.2. The number of fused-ring (bicyclic) bond motifs is 4. The summed E-state index contributed by atoms with van der Waals surface area (Å²) in [6.45, 7) is 16.5. The van der Waals surface area contributed by atoms with Gasteiger partial charge in [0.15, 0.2) is 6.29 Å². The molecule has 262 valence electrons. The Morgan fingerprint density at radius 2 is 1.78 bits per heavy atom. The van der Waals surface area contributed by atoms with E-state index < -0.39 is 5.60 Å². The number of amides is 1. The monoisotopic (exact) mass is 644 g/mol. The molecular formula is C38H64N2O6. The molecule has 46 heavy (non-hydrogen) atoms. The Hall–Kier alpha value is -0.770. The van der Waals surface area contributed by atoms with E-state index in [2.05, 4.69) is 25.7 Å². The third kappa shape index (κ3) is 5.16. The maximum absolute atomic E-state index is 12.4. The predicted molar refractivity (Wildman–Crippen MR) is 177 cm³/mol. The van der Waals surface area contributed by atoms with E-state index in [9.17, 15) is 9.90 Å². The van der Waals surface area contributed by atoms with Gasteiger partial charge in [-0.3, -0.25) is 9.69 Å². The molecule has 8 heteroatoms. The van der Waals surface area contributed by atoms with Gasteiger partial charge >= 0.3 is 0 Å². The fourth-order valence-electron chi connectivity index (χ4n) is 13.1. The first-order chi connectivity index (χ1) is 21.7. The molecule has 0 bridgehead atoms. The van der Waals surface area contributed by atoms with Crippen molar-refractivity contribution < 1.29 is 28.8 Å². The summed E-state index contributed by atoms with van der Waals surface area (Å²) in [5, 5.41) is 10.9. The quantitative estimate of drug-likeness (QED) is 0.374. The van der Waals surface area contributed by atoms with Crippen molar-refractivity contribution in [2.45, 2.75) is 142 Å². The lowest BCUT2D eigenvalue weighted by Crippen LogP contribution is -2.56. The third-order valence-corrected chi connectivity index (χ3v) is 15.2. The topological polar surface area (TPSA) is 80.7 Å². The van der Waals surface area contributed by atoms with Crippen LogP contribution >= 0.6 is 0 Å². The van der Waals surface area contributed by atoms with Gasteiger partial charge in [-0.2, -0.15) is 0 Å². The van der Waals surface area contributed by atoms with Crippen molar-refractivity contribution in [2.24, 2.45) is 45.3 Å². The smallest absolute Gasteiger partial charge is 0.236 e. The van der Waals surface area contributed by atoms with E-state index in [1.165, 1.54) is 51.4 Å². The lowest BCUT2D eigenvalue weighted by atomic mass is 9.46. The molecule has 12 atom stereocenters. The van der Waals surface area contributed by atoms with E-state index >= 15 is 0 Å². The molecule has 0 radical (unpaired) electrons. The summed E-state index contributed by atoms with van der Waals surface area (Å²) in [6, 6.07) is 0. The highest BCUT2D eigenvalue weighted by molar-refractivity contribution is 5.77. The number of morpholine rings is 1. The zero-order valence-corrected chi connectivity index (χ0v) is 30.2. The number of likely N-dealkylation sites (N-methyl/N-ethyl adjacent to an activating group) is 1. The van der Waals surface area contributed by atoms with Crippen molar-refractivity contribution >= 4 is 5.91 Å². The number of carbonyl (C=O) groups excluding carboxylic acids is 1. The number of nitrogens with zero attached hydrogens (tertiary/aromatic N) is 2. The molecule has 7 aliphatic rings. The molecule has 0 aromatic heterocycles. The maximum atomic E-state index is 12.4. The Balaban J connectivity index is 1.03. The van der Waals surface area contributed by atoms with Crippen LogP contribution in [0.25, 0.3) is 0 Å². The summed E-state index contributed by atoms with van der Waals surface area (Å²) < 4.78 is 26.1. The van der Waals surface area contributed by atoms with Crippen LogP contribution in [0.3, 0.4) is 0 Å². The second kappa shape index (κ2) is 11.7. The van der Waals surface area contributed by atoms with Crippen molar-refractivity contribution in [3.05, 3.63) is 0 Å². The maximum Gasteiger partial charge on any atom is 0.236 e. The zero-order chi connectivity index (χ0) is 32.9. The number of ether oxygens (including phenoxy) is 4. The molecule has 7 unspecified atom stereocenters. The number of rotatable bonds is 8. The predicted octanol–water partition coefficient (Wildman–Crippen LogP) is 5.50. The minimum Gasteiger partial charge on any atom is -0.388 e. The molecule has 0 aromatic carbocycles. The van der Waals surface area contributed by atoms with Crippen LogP contribution in [0.15, 0.2) is 0 Å². The first-order valence-electron chi connectivity index (χ1n) is 18.9. The Kier molecular flexibility index (Phi) is 8.54. The summed E-state index contributed by atoms with van der Waals surface area (Å²) in [6.07, 6.45) is 12.5. The average molecular weight is 645 g/mol. The fraction of sp³-hybridized carbons (Fsp3) is 0.974. The highest BCUT2D eigenvalue weighted by atomic mass is 16.7. The molecule has 2 saturated heterocycles. The van der Waals surface area contributed by atoms with Crippen LogP contribution in [0.5, 0.6) is 0 Å². The second-order valence-corrected chi connectivity index (χ2v) is 18.3. The summed E-state index contributed by atoms with van der Waals surface area (Å²) >= 11 is 0. The number of hydrogen-bond donors (Lipinski definition) is 1. The largest absolute Gasteiger partial charge is 0.388 e. The summed E-state index contributed by atoms with van der Waals surface area (Å²) in [7, 11) is 3.65. The molecular weight excluding hydrogens is 580 g/mol. The highest BCUT2D eigenvalue weighted by Crippen LogP contribution is 2.87. The standard InChI is InChI=1S/C38H64N2O6/c1-9-43-33(35(4,5)42)27-12-10-25-28(45-27)20-26-24-11-13-29-34(2,3)30(14-15-38(29)23-37(24,38)17-16-36(25,26)6)46-32-22-40(18-19-44-32)21-31(41)39(7)8/h24-30,32-33,42H,9-23H2,1-8H3/t24?,25?,26?,27?,28?,29?,30-,32?,33-,36+,37-,38+/m0/s1. The third-order valence-electron chi connectivity index (χ3n) is 15.2. The normalized spacial score (nSPS) is 47.1. The molecule has 5 aliphatic carbocycles. The minimum absolute atomic E-state index is 0.0216. The number of hydrogen-bond acceptors (Lipinski definition) is 7. The van der Waals surface area contributed by atoms with Crippen LogP contribution in [0.4, 0.5) is 0 Å². The van der Waals surface area contributed by atoms with Crippen LogP contribution in [-0.4, -0.2) is 104 Å². The highest BCUT2D eigenvalue weighted by Gasteiger charge is 2.80. The summed E-state index contributed by atoms with van der Waals surface area (Å²) in [5.41, 5.74) is 0.529. The number of aliphatic hydroxyl groups is 1. The molecule has 5 saturated carbocycles. The molecule has 7 fully saturated rings. The van der Waals surface area contributed by atoms with Crippen LogP contribution < -0.4 is 0 Å². The van der Waals surface area contributed by atoms with Gasteiger partial charge in [0.25, 0.3) is 0 Å². The van der Waals surface area contributed by atoms with Crippen LogP contribution in [-0.2, 0) is 23.7 Å². The van der Waals surface area contributed by atoms with Gasteiger partial charge in [-0.1, -0.05) is 20.8 Å². The van der Waals surface area contributed by atoms with E-state index in [0.29, 0.717) is 60.5 Å². The Morgan fingerprint density at radius 3 is 2.50 bits per heavy atom. The van der Waals surface area contributed by atoms with Crippen molar-refractivity contribution in [1.82, 2.24) is 9.80 Å². The van der Waals surface area contributed by atoms with Crippen LogP contribution in [0.1, 0.15) is 106 Å². The van der Waals surface area contributed by atoms with Gasteiger partial charge < -0.3 is 29.0 Å². The first-order valence-corrected chi connectivity index (χ1v) is 18.9. The van der Waals surface area contributed by atoms with Crippen molar-refractivity contribution in [1.29, 1.82) is 0 Å². The Bertz CT molecular complexity index is 1150. The van der Waals surface area contributed by atoms with Crippen LogP contribution in [0, 0.1) is 45.3 Å². The number of carbonyl (C=O) groups is 1. The van der Waals surface area contributed by atoms with E-state index in [4.69, 9.17) is 18.9 Å². The van der Waals surface area contributed by atoms with E-state index in [-0.39, 0.29) is 35.9 Å². The molecule has 0 aromatic rings. The van der Waals surface area contributed by atoms with E-state index in [1.807, 2.05) is 34.9 Å². The Morgan fingerprint density at radius 1 is 1.02 bits per heavy atom. The van der Waals surface area contributed by atoms with Gasteiger partial charge in [-0.05, 0) is 130 Å². The van der Waals surface area contributed by atoms with Gasteiger partial charge in [0, 0.05) is 27.2 Å². The SMILES string of the molecule is CCO[C@@H](C1CCC2C(CC3C4CCC5C(C)(C)[C@@H](OC6CN(CC(=O)N(C)C)CCO6)CC[C@@]56C[C@@]46CC[C@]23C)O1)C(C)(C)O. The van der Waals surface area contributed by atoms with Gasteiger partial charge in [-0.25, -0.2) is 0 Å². The Labute approximate surface area is 278 Å². The molecule has 1 N–H and O–H groups in total. The fourth-order valence-corrected chi connectivity index (χ4v) is 13.1. The van der Waals surface area contributed by atoms with Crippen molar-refractivity contribution in [3.8, 4) is 0 Å². The molecule has 2 heterocycles. The lowest BCUT2D eigenvalue weighted by molar-refractivity contribution is -0.245. The van der Waals surface area contributed by atoms with Crippen molar-refractivity contribution in [3.63, 3.8) is 0 Å². The molecule has 1 amide bonds. The average Bonchev–Trinajstić information content (AvgIpc) is 3.56. The summed E-state index contributed by atoms with van der Waals surface area (Å²) in [5.74, 6) is 3.01.